The van der Waals surface area contributed by atoms with Gasteiger partial charge in [-0.15, -0.1) is 0 Å². The first-order chi connectivity index (χ1) is 21.1. The number of hydrogen-bond donors (Lipinski definition) is 1. The molecule has 0 spiro atoms. The molecule has 0 saturated heterocycles. The van der Waals surface area contributed by atoms with Gasteiger partial charge >= 0.3 is 6.18 Å². The highest BCUT2D eigenvalue weighted by Gasteiger charge is 2.32. The molecular formula is C35H29F3N4O2. The van der Waals surface area contributed by atoms with Crippen LogP contribution >= 0.6 is 0 Å². The number of rotatable bonds is 6. The second-order valence-electron chi connectivity index (χ2n) is 10.8. The van der Waals surface area contributed by atoms with Crippen LogP contribution in [0.25, 0.3) is 16.9 Å². The van der Waals surface area contributed by atoms with Gasteiger partial charge in [0.25, 0.3) is 5.91 Å². The Morgan fingerprint density at radius 3 is 2.34 bits per heavy atom. The molecule has 5 aromatic rings. The van der Waals surface area contributed by atoms with E-state index in [0.717, 1.165) is 40.6 Å². The van der Waals surface area contributed by atoms with Gasteiger partial charge in [0.15, 0.2) is 0 Å². The summed E-state index contributed by atoms with van der Waals surface area (Å²) in [7, 11) is 0. The predicted molar refractivity (Wildman–Crippen MR) is 164 cm³/mol. The van der Waals surface area contributed by atoms with Crippen molar-refractivity contribution in [3.05, 3.63) is 131 Å². The van der Waals surface area contributed by atoms with Crippen molar-refractivity contribution in [3.63, 3.8) is 0 Å². The Labute approximate surface area is 252 Å². The highest BCUT2D eigenvalue weighted by atomic mass is 19.4. The van der Waals surface area contributed by atoms with E-state index in [2.05, 4.69) is 5.32 Å². The molecule has 222 valence electrons. The van der Waals surface area contributed by atoms with Gasteiger partial charge in [0.05, 0.1) is 17.7 Å². The topological polar surface area (TPSA) is 67.2 Å². The second-order valence-corrected chi connectivity index (χ2v) is 10.8. The van der Waals surface area contributed by atoms with Crippen molar-refractivity contribution >= 4 is 23.2 Å². The van der Waals surface area contributed by atoms with E-state index >= 15 is 0 Å². The summed E-state index contributed by atoms with van der Waals surface area (Å²) >= 11 is 0. The monoisotopic (exact) mass is 594 g/mol. The van der Waals surface area contributed by atoms with E-state index < -0.39 is 17.6 Å². The van der Waals surface area contributed by atoms with Crippen molar-refractivity contribution in [1.29, 1.82) is 0 Å². The maximum Gasteiger partial charge on any atom is 0.416 e. The third-order valence-corrected chi connectivity index (χ3v) is 7.83. The fraction of sp³-hybridized carbons (Fsp3) is 0.171. The summed E-state index contributed by atoms with van der Waals surface area (Å²) in [5.74, 6) is 0.0104. The number of nitrogens with one attached hydrogen (secondary N) is 1. The standard InChI is InChI=1S/C35H29F3N4O2/c1-22-11-12-23(2)42(22)32-10-6-9-27(39-32)21-33(43)41-18-17-25-19-28(14-16-31(25)41)40-34(44)30-20-26(35(36,37)38)13-15-29(30)24-7-4-3-5-8-24/h3-16,19-20H,17-18,21H2,1-2H3,(H,40,44). The average Bonchev–Trinajstić information content (AvgIpc) is 3.58. The molecule has 0 aliphatic carbocycles. The van der Waals surface area contributed by atoms with Crippen LogP contribution in [-0.2, 0) is 23.8 Å². The van der Waals surface area contributed by atoms with Gasteiger partial charge in [-0.1, -0.05) is 42.5 Å². The number of aromatic nitrogens is 2. The Kier molecular flexibility index (Phi) is 7.55. The van der Waals surface area contributed by atoms with E-state index in [-0.39, 0.29) is 17.9 Å². The maximum absolute atomic E-state index is 13.5. The van der Waals surface area contributed by atoms with Gasteiger partial charge in [-0.25, -0.2) is 4.98 Å². The van der Waals surface area contributed by atoms with Crippen molar-refractivity contribution < 1.29 is 22.8 Å². The first kappa shape index (κ1) is 28.9. The lowest BCUT2D eigenvalue weighted by Crippen LogP contribution is -2.30. The van der Waals surface area contributed by atoms with Crippen LogP contribution in [0.4, 0.5) is 24.5 Å². The Hall–Kier alpha value is -5.18. The SMILES string of the molecule is Cc1ccc(C)n1-c1cccc(CC(=O)N2CCc3cc(NC(=O)c4cc(C(F)(F)F)ccc4-c4ccccc4)ccc32)n1. The highest BCUT2D eigenvalue weighted by Crippen LogP contribution is 2.35. The molecular weight excluding hydrogens is 565 g/mol. The zero-order valence-corrected chi connectivity index (χ0v) is 24.2. The van der Waals surface area contributed by atoms with E-state index in [0.29, 0.717) is 35.5 Å². The number of hydrogen-bond acceptors (Lipinski definition) is 3. The zero-order valence-electron chi connectivity index (χ0n) is 24.2. The molecule has 0 saturated carbocycles. The number of fused-ring (bicyclic) bond motifs is 1. The summed E-state index contributed by atoms with van der Waals surface area (Å²) in [4.78, 5) is 33.2. The molecule has 3 heterocycles. The lowest BCUT2D eigenvalue weighted by molar-refractivity contribution is -0.137. The molecule has 0 bridgehead atoms. The molecule has 6 nitrogen and oxygen atoms in total. The third-order valence-electron chi connectivity index (χ3n) is 7.83. The molecule has 0 fully saturated rings. The van der Waals surface area contributed by atoms with E-state index in [1.807, 2.05) is 48.7 Å². The third kappa shape index (κ3) is 5.73. The largest absolute Gasteiger partial charge is 0.416 e. The summed E-state index contributed by atoms with van der Waals surface area (Å²) in [5.41, 5.74) is 4.86. The van der Waals surface area contributed by atoms with Crippen molar-refractivity contribution in [3.8, 4) is 16.9 Å². The lowest BCUT2D eigenvalue weighted by atomic mass is 9.96. The van der Waals surface area contributed by atoms with Crippen molar-refractivity contribution in [2.24, 2.45) is 0 Å². The van der Waals surface area contributed by atoms with Crippen LogP contribution in [0.3, 0.4) is 0 Å². The fourth-order valence-corrected chi connectivity index (χ4v) is 5.68. The van der Waals surface area contributed by atoms with Gasteiger partial charge in [0, 0.05) is 34.9 Å². The van der Waals surface area contributed by atoms with E-state index in [9.17, 15) is 22.8 Å². The number of amides is 2. The van der Waals surface area contributed by atoms with Crippen LogP contribution in [-0.4, -0.2) is 27.9 Å². The predicted octanol–water partition coefficient (Wildman–Crippen LogP) is 7.56. The Morgan fingerprint density at radius 1 is 0.864 bits per heavy atom. The number of carbonyl (C=O) groups is 2. The summed E-state index contributed by atoms with van der Waals surface area (Å²) in [6.45, 7) is 4.49. The Morgan fingerprint density at radius 2 is 1.61 bits per heavy atom. The van der Waals surface area contributed by atoms with E-state index in [1.165, 1.54) is 6.07 Å². The highest BCUT2D eigenvalue weighted by molar-refractivity contribution is 6.09. The Bertz CT molecular complexity index is 1860. The molecule has 9 heteroatoms. The van der Waals surface area contributed by atoms with E-state index in [1.54, 1.807) is 53.4 Å². The van der Waals surface area contributed by atoms with Gasteiger partial charge < -0.3 is 14.8 Å². The van der Waals surface area contributed by atoms with Crippen LogP contribution in [0.5, 0.6) is 0 Å². The number of pyridine rings is 1. The Balaban J connectivity index is 1.21. The van der Waals surface area contributed by atoms with Crippen LogP contribution in [0.2, 0.25) is 0 Å². The smallest absolute Gasteiger partial charge is 0.322 e. The quantitative estimate of drug-likeness (QED) is 0.221. The first-order valence-electron chi connectivity index (χ1n) is 14.2. The van der Waals surface area contributed by atoms with Crippen LogP contribution in [0.15, 0.2) is 97.1 Å². The molecule has 2 aromatic heterocycles. The number of halogens is 3. The summed E-state index contributed by atoms with van der Waals surface area (Å²) < 4.78 is 42.6. The number of benzene rings is 3. The number of nitrogens with zero attached hydrogens (tertiary/aromatic N) is 3. The molecule has 1 aliphatic rings. The fourth-order valence-electron chi connectivity index (χ4n) is 5.68. The normalized spacial score (nSPS) is 12.7. The van der Waals surface area contributed by atoms with Gasteiger partial charge in [-0.2, -0.15) is 13.2 Å². The zero-order chi connectivity index (χ0) is 31.0. The summed E-state index contributed by atoms with van der Waals surface area (Å²) in [6, 6.07) is 26.9. The number of aryl methyl sites for hydroxylation is 2. The minimum absolute atomic E-state index is 0.0802. The van der Waals surface area contributed by atoms with Crippen LogP contribution in [0.1, 0.15) is 38.6 Å². The molecule has 0 radical (unpaired) electrons. The molecule has 3 aromatic carbocycles. The molecule has 1 aliphatic heterocycles. The van der Waals surface area contributed by atoms with Gasteiger partial charge in [-0.3, -0.25) is 9.59 Å². The second kappa shape index (κ2) is 11.5. The lowest BCUT2D eigenvalue weighted by Gasteiger charge is -2.18. The maximum atomic E-state index is 13.5. The first-order valence-corrected chi connectivity index (χ1v) is 14.2. The average molecular weight is 595 g/mol. The molecule has 44 heavy (non-hydrogen) atoms. The minimum Gasteiger partial charge on any atom is -0.322 e. The number of alkyl halides is 3. The van der Waals surface area contributed by atoms with Gasteiger partial charge in [-0.05, 0) is 91.6 Å². The van der Waals surface area contributed by atoms with Crippen molar-refractivity contribution in [1.82, 2.24) is 9.55 Å². The molecule has 0 atom stereocenters. The summed E-state index contributed by atoms with van der Waals surface area (Å²) in [6.07, 6.45) is -3.88. The number of carbonyl (C=O) groups excluding carboxylic acids is 2. The van der Waals surface area contributed by atoms with Gasteiger partial charge in [0.2, 0.25) is 5.91 Å². The van der Waals surface area contributed by atoms with Crippen molar-refractivity contribution in [2.75, 3.05) is 16.8 Å². The van der Waals surface area contributed by atoms with Gasteiger partial charge in [0.1, 0.15) is 5.82 Å². The molecule has 0 unspecified atom stereocenters. The van der Waals surface area contributed by atoms with Crippen LogP contribution in [0, 0.1) is 13.8 Å². The molecule has 6 rings (SSSR count). The number of anilines is 2. The van der Waals surface area contributed by atoms with E-state index in [4.69, 9.17) is 4.98 Å². The molecule has 2 amide bonds. The summed E-state index contributed by atoms with van der Waals surface area (Å²) in [5, 5.41) is 2.77. The molecule has 1 N–H and O–H groups in total. The van der Waals surface area contributed by atoms with Crippen molar-refractivity contribution in [2.45, 2.75) is 32.9 Å². The van der Waals surface area contributed by atoms with Crippen LogP contribution < -0.4 is 10.2 Å². The minimum atomic E-state index is -4.59.